The number of fused-ring (bicyclic) bond motifs is 3. The lowest BCUT2D eigenvalue weighted by atomic mass is 9.94. The standard InChI is InChI=1S/C26H27N3O4S/c1-32-18-12-17(13-19(14-18)33-2)27-22(30)15-29-24(16-8-4-3-5-9-16)28-25(31)23-20-10-6-7-11-21(20)34-26(23)29/h3-5,8-9,12-14,24H,6-7,10-11,15H2,1-2H3,(H,27,30)(H,28,31). The van der Waals surface area contributed by atoms with Crippen LogP contribution in [0.25, 0.3) is 0 Å². The van der Waals surface area contributed by atoms with Crippen molar-refractivity contribution < 1.29 is 19.1 Å². The molecule has 1 aliphatic carbocycles. The first kappa shape index (κ1) is 22.3. The molecule has 2 amide bonds. The Labute approximate surface area is 202 Å². The van der Waals surface area contributed by atoms with Gasteiger partial charge < -0.3 is 25.0 Å². The van der Waals surface area contributed by atoms with Crippen molar-refractivity contribution in [3.05, 3.63) is 70.1 Å². The highest BCUT2D eigenvalue weighted by Gasteiger charge is 2.38. The van der Waals surface area contributed by atoms with E-state index in [2.05, 4.69) is 10.6 Å². The van der Waals surface area contributed by atoms with E-state index in [0.717, 1.165) is 47.4 Å². The summed E-state index contributed by atoms with van der Waals surface area (Å²) in [5, 5.41) is 7.00. The van der Waals surface area contributed by atoms with Crippen molar-refractivity contribution in [3.8, 4) is 11.5 Å². The molecule has 1 aromatic heterocycles. The van der Waals surface area contributed by atoms with Crippen molar-refractivity contribution in [2.75, 3.05) is 31.0 Å². The van der Waals surface area contributed by atoms with E-state index in [9.17, 15) is 9.59 Å². The minimum Gasteiger partial charge on any atom is -0.497 e. The molecule has 1 unspecified atom stereocenters. The van der Waals surface area contributed by atoms with E-state index in [1.165, 1.54) is 4.88 Å². The number of ether oxygens (including phenoxy) is 2. The maximum atomic E-state index is 13.2. The van der Waals surface area contributed by atoms with Gasteiger partial charge in [-0.1, -0.05) is 30.3 Å². The summed E-state index contributed by atoms with van der Waals surface area (Å²) in [6.45, 7) is 0.0890. The topological polar surface area (TPSA) is 79.9 Å². The Morgan fingerprint density at radius 2 is 1.79 bits per heavy atom. The number of nitrogens with one attached hydrogen (secondary N) is 2. The highest BCUT2D eigenvalue weighted by Crippen LogP contribution is 2.45. The molecule has 176 valence electrons. The van der Waals surface area contributed by atoms with E-state index in [1.54, 1.807) is 43.8 Å². The minimum absolute atomic E-state index is 0.0579. The number of aryl methyl sites for hydroxylation is 1. The summed E-state index contributed by atoms with van der Waals surface area (Å²) >= 11 is 1.65. The van der Waals surface area contributed by atoms with Gasteiger partial charge in [0.2, 0.25) is 5.91 Å². The Morgan fingerprint density at radius 3 is 2.50 bits per heavy atom. The lowest BCUT2D eigenvalue weighted by molar-refractivity contribution is -0.115. The van der Waals surface area contributed by atoms with Gasteiger partial charge in [-0.25, -0.2) is 0 Å². The normalized spacial score (nSPS) is 16.8. The number of amides is 2. The molecule has 0 bridgehead atoms. The number of nitrogens with zero attached hydrogens (tertiary/aromatic N) is 1. The van der Waals surface area contributed by atoms with E-state index in [4.69, 9.17) is 9.47 Å². The van der Waals surface area contributed by atoms with Crippen molar-refractivity contribution >= 4 is 33.8 Å². The van der Waals surface area contributed by atoms with E-state index in [1.807, 2.05) is 35.2 Å². The van der Waals surface area contributed by atoms with Crippen LogP contribution < -0.4 is 25.0 Å². The van der Waals surface area contributed by atoms with Crippen LogP contribution in [0, 0.1) is 0 Å². The molecule has 1 aliphatic heterocycles. The molecule has 0 saturated heterocycles. The molecule has 2 aliphatic rings. The number of anilines is 2. The van der Waals surface area contributed by atoms with Crippen LogP contribution in [0.15, 0.2) is 48.5 Å². The van der Waals surface area contributed by atoms with Crippen molar-refractivity contribution in [2.45, 2.75) is 31.8 Å². The van der Waals surface area contributed by atoms with E-state index in [-0.39, 0.29) is 18.4 Å². The molecule has 2 N–H and O–H groups in total. The predicted molar refractivity (Wildman–Crippen MR) is 133 cm³/mol. The zero-order valence-electron chi connectivity index (χ0n) is 19.2. The zero-order chi connectivity index (χ0) is 23.7. The van der Waals surface area contributed by atoms with E-state index in [0.29, 0.717) is 17.2 Å². The number of carbonyl (C=O) groups excluding carboxylic acids is 2. The second kappa shape index (κ2) is 9.38. The third kappa shape index (κ3) is 4.21. The molecule has 34 heavy (non-hydrogen) atoms. The minimum atomic E-state index is -0.424. The summed E-state index contributed by atoms with van der Waals surface area (Å²) in [5.74, 6) is 0.938. The van der Waals surface area contributed by atoms with Gasteiger partial charge in [0.15, 0.2) is 0 Å². The number of hydrogen-bond acceptors (Lipinski definition) is 6. The quantitative estimate of drug-likeness (QED) is 0.545. The smallest absolute Gasteiger partial charge is 0.256 e. The first-order chi connectivity index (χ1) is 16.6. The maximum absolute atomic E-state index is 13.2. The van der Waals surface area contributed by atoms with Gasteiger partial charge in [0.1, 0.15) is 29.2 Å². The Bertz CT molecular complexity index is 1200. The van der Waals surface area contributed by atoms with E-state index >= 15 is 0 Å². The van der Waals surface area contributed by atoms with E-state index < -0.39 is 6.17 Å². The molecule has 5 rings (SSSR count). The zero-order valence-corrected chi connectivity index (χ0v) is 20.0. The van der Waals surface area contributed by atoms with Crippen molar-refractivity contribution in [3.63, 3.8) is 0 Å². The molecule has 0 radical (unpaired) electrons. The lowest BCUT2D eigenvalue weighted by Gasteiger charge is -2.37. The molecule has 1 atom stereocenters. The van der Waals surface area contributed by atoms with Crippen LogP contribution in [0.5, 0.6) is 11.5 Å². The molecule has 0 fully saturated rings. The number of hydrogen-bond donors (Lipinski definition) is 2. The van der Waals surface area contributed by atoms with Crippen LogP contribution in [0.3, 0.4) is 0 Å². The summed E-state index contributed by atoms with van der Waals surface area (Å²) in [7, 11) is 3.14. The summed E-state index contributed by atoms with van der Waals surface area (Å²) in [6.07, 6.45) is 3.69. The average molecular weight is 478 g/mol. The Morgan fingerprint density at radius 1 is 1.09 bits per heavy atom. The van der Waals surface area contributed by atoms with Gasteiger partial charge in [-0.05, 0) is 36.8 Å². The Kier molecular flexibility index (Phi) is 6.15. The molecular formula is C26H27N3O4S. The first-order valence-electron chi connectivity index (χ1n) is 11.4. The number of methoxy groups -OCH3 is 2. The number of benzene rings is 2. The van der Waals surface area contributed by atoms with Crippen LogP contribution in [0.1, 0.15) is 45.4 Å². The van der Waals surface area contributed by atoms with Crippen LogP contribution in [0.2, 0.25) is 0 Å². The van der Waals surface area contributed by atoms with Crippen LogP contribution in [0.4, 0.5) is 10.7 Å². The molecule has 8 heteroatoms. The third-order valence-corrected chi connectivity index (χ3v) is 7.61. The molecule has 0 saturated carbocycles. The third-order valence-electron chi connectivity index (χ3n) is 6.28. The van der Waals surface area contributed by atoms with Crippen molar-refractivity contribution in [1.82, 2.24) is 5.32 Å². The monoisotopic (exact) mass is 477 g/mol. The van der Waals surface area contributed by atoms with Crippen molar-refractivity contribution in [2.24, 2.45) is 0 Å². The molecule has 2 heterocycles. The molecule has 2 aromatic carbocycles. The maximum Gasteiger partial charge on any atom is 0.256 e. The van der Waals surface area contributed by atoms with Crippen LogP contribution >= 0.6 is 11.3 Å². The van der Waals surface area contributed by atoms with Crippen LogP contribution in [-0.4, -0.2) is 32.6 Å². The lowest BCUT2D eigenvalue weighted by Crippen LogP contribution is -2.48. The molecule has 7 nitrogen and oxygen atoms in total. The number of thiophene rings is 1. The first-order valence-corrected chi connectivity index (χ1v) is 12.2. The van der Waals surface area contributed by atoms with Gasteiger partial charge in [-0.3, -0.25) is 9.59 Å². The summed E-state index contributed by atoms with van der Waals surface area (Å²) in [4.78, 5) is 29.7. The van der Waals surface area contributed by atoms with Gasteiger partial charge >= 0.3 is 0 Å². The van der Waals surface area contributed by atoms with Gasteiger partial charge in [0.05, 0.1) is 19.8 Å². The number of rotatable bonds is 6. The molecule has 3 aromatic rings. The Balaban J connectivity index is 1.48. The largest absolute Gasteiger partial charge is 0.497 e. The number of carbonyl (C=O) groups is 2. The van der Waals surface area contributed by atoms with Crippen molar-refractivity contribution in [1.29, 1.82) is 0 Å². The van der Waals surface area contributed by atoms with Gasteiger partial charge in [0, 0.05) is 28.8 Å². The fourth-order valence-electron chi connectivity index (χ4n) is 4.68. The highest BCUT2D eigenvalue weighted by atomic mass is 32.1. The second-order valence-corrected chi connectivity index (χ2v) is 9.54. The fraction of sp³-hybridized carbons (Fsp3) is 0.308. The Hall–Kier alpha value is -3.52. The SMILES string of the molecule is COc1cc(NC(=O)CN2c3sc4c(c3C(=O)NC2c2ccccc2)CCCC4)cc(OC)c1. The van der Waals surface area contributed by atoms with Crippen LogP contribution in [-0.2, 0) is 17.6 Å². The summed E-state index contributed by atoms with van der Waals surface area (Å²) in [6, 6.07) is 15.0. The summed E-state index contributed by atoms with van der Waals surface area (Å²) in [5.41, 5.74) is 3.41. The predicted octanol–water partition coefficient (Wildman–Crippen LogP) is 4.53. The molecule has 0 spiro atoms. The van der Waals surface area contributed by atoms with Gasteiger partial charge in [-0.2, -0.15) is 0 Å². The highest BCUT2D eigenvalue weighted by molar-refractivity contribution is 7.16. The second-order valence-electron chi connectivity index (χ2n) is 8.46. The average Bonchev–Trinajstić information content (AvgIpc) is 3.26. The molecular weight excluding hydrogens is 450 g/mol. The fourth-order valence-corrected chi connectivity index (χ4v) is 6.09. The summed E-state index contributed by atoms with van der Waals surface area (Å²) < 4.78 is 10.6. The van der Waals surface area contributed by atoms with Gasteiger partial charge in [0.25, 0.3) is 5.91 Å². The van der Waals surface area contributed by atoms with Gasteiger partial charge in [-0.15, -0.1) is 11.3 Å².